The molecule has 0 atom stereocenters. The van der Waals surface area contributed by atoms with Gasteiger partial charge in [-0.25, -0.2) is 4.79 Å². The van der Waals surface area contributed by atoms with Crippen LogP contribution in [0.25, 0.3) is 11.3 Å². The van der Waals surface area contributed by atoms with Gasteiger partial charge < -0.3 is 4.74 Å². The molecule has 2 rings (SSSR count). The zero-order chi connectivity index (χ0) is 15.8. The van der Waals surface area contributed by atoms with E-state index in [0.29, 0.717) is 10.0 Å². The van der Waals surface area contributed by atoms with E-state index in [-0.39, 0.29) is 11.2 Å². The Morgan fingerprint density at radius 1 is 1.24 bits per heavy atom. The van der Waals surface area contributed by atoms with Crippen molar-refractivity contribution in [3.05, 3.63) is 40.0 Å². The second-order valence-corrected chi connectivity index (χ2v) is 6.46. The van der Waals surface area contributed by atoms with Crippen molar-refractivity contribution in [1.82, 2.24) is 9.78 Å². The molecule has 0 radical (unpaired) electrons. The minimum Gasteiger partial charge on any atom is -0.464 e. The molecule has 4 nitrogen and oxygen atoms in total. The van der Waals surface area contributed by atoms with Crippen molar-refractivity contribution >= 4 is 29.2 Å². The van der Waals surface area contributed by atoms with Crippen LogP contribution < -0.4 is 0 Å². The summed E-state index contributed by atoms with van der Waals surface area (Å²) >= 11 is 12.2. The van der Waals surface area contributed by atoms with Crippen LogP contribution in [0.3, 0.4) is 0 Å². The SMILES string of the molecule is COC(=O)c1cc(-c2ccc(Cl)cc2Cl)n(C(C)(C)C)n1. The fraction of sp³-hybridized carbons (Fsp3) is 0.333. The molecule has 1 aromatic heterocycles. The average Bonchev–Trinajstić information content (AvgIpc) is 2.82. The van der Waals surface area contributed by atoms with E-state index < -0.39 is 5.97 Å². The van der Waals surface area contributed by atoms with Crippen LogP contribution in [0.2, 0.25) is 10.0 Å². The molecular formula is C15H16Cl2N2O2. The molecule has 6 heteroatoms. The minimum absolute atomic E-state index is 0.244. The van der Waals surface area contributed by atoms with Crippen LogP contribution >= 0.6 is 23.2 Å². The third kappa shape index (κ3) is 3.22. The molecular weight excluding hydrogens is 311 g/mol. The highest BCUT2D eigenvalue weighted by Gasteiger charge is 2.24. The fourth-order valence-corrected chi connectivity index (χ4v) is 2.49. The first-order chi connectivity index (χ1) is 9.74. The number of benzene rings is 1. The summed E-state index contributed by atoms with van der Waals surface area (Å²) in [6.07, 6.45) is 0. The molecule has 0 spiro atoms. The molecule has 0 bridgehead atoms. The zero-order valence-corrected chi connectivity index (χ0v) is 13.8. The average molecular weight is 327 g/mol. The van der Waals surface area contributed by atoms with Gasteiger partial charge in [0.25, 0.3) is 0 Å². The molecule has 1 aromatic carbocycles. The summed E-state index contributed by atoms with van der Waals surface area (Å²) in [5.41, 5.74) is 1.43. The lowest BCUT2D eigenvalue weighted by Crippen LogP contribution is -2.24. The van der Waals surface area contributed by atoms with E-state index in [4.69, 9.17) is 27.9 Å². The number of halogens is 2. The van der Waals surface area contributed by atoms with E-state index in [0.717, 1.165) is 11.3 Å². The van der Waals surface area contributed by atoms with Crippen LogP contribution in [-0.2, 0) is 10.3 Å². The zero-order valence-electron chi connectivity index (χ0n) is 12.3. The van der Waals surface area contributed by atoms with E-state index in [2.05, 4.69) is 5.10 Å². The van der Waals surface area contributed by atoms with Gasteiger partial charge in [0.1, 0.15) is 0 Å². The number of rotatable bonds is 2. The number of aromatic nitrogens is 2. The second kappa shape index (κ2) is 5.70. The number of esters is 1. The quantitative estimate of drug-likeness (QED) is 0.768. The van der Waals surface area contributed by atoms with Gasteiger partial charge in [-0.1, -0.05) is 23.2 Å². The number of nitrogens with zero attached hydrogens (tertiary/aromatic N) is 2. The lowest BCUT2D eigenvalue weighted by molar-refractivity contribution is 0.0592. The monoisotopic (exact) mass is 326 g/mol. The molecule has 0 saturated carbocycles. The van der Waals surface area contributed by atoms with Gasteiger partial charge in [0.2, 0.25) is 0 Å². The van der Waals surface area contributed by atoms with Crippen LogP contribution in [0.1, 0.15) is 31.3 Å². The number of carbonyl (C=O) groups excluding carboxylic acids is 1. The molecule has 0 aliphatic heterocycles. The predicted octanol–water partition coefficient (Wildman–Crippen LogP) is 4.40. The second-order valence-electron chi connectivity index (χ2n) is 5.61. The largest absolute Gasteiger partial charge is 0.464 e. The lowest BCUT2D eigenvalue weighted by atomic mass is 10.1. The van der Waals surface area contributed by atoms with Crippen molar-refractivity contribution in [1.29, 1.82) is 0 Å². The number of methoxy groups -OCH3 is 1. The molecule has 0 N–H and O–H groups in total. The fourth-order valence-electron chi connectivity index (χ4n) is 1.99. The smallest absolute Gasteiger partial charge is 0.358 e. The van der Waals surface area contributed by atoms with Crippen LogP contribution in [-0.4, -0.2) is 22.9 Å². The molecule has 0 saturated heterocycles. The molecule has 0 fully saturated rings. The highest BCUT2D eigenvalue weighted by atomic mass is 35.5. The van der Waals surface area contributed by atoms with E-state index in [1.807, 2.05) is 26.8 Å². The van der Waals surface area contributed by atoms with E-state index in [1.165, 1.54) is 7.11 Å². The Kier molecular flexibility index (Phi) is 4.30. The Balaban J connectivity index is 2.66. The Labute approximate surface area is 133 Å². The van der Waals surface area contributed by atoms with Gasteiger partial charge in [0, 0.05) is 10.6 Å². The summed E-state index contributed by atoms with van der Waals surface area (Å²) < 4.78 is 6.49. The Morgan fingerprint density at radius 3 is 2.43 bits per heavy atom. The van der Waals surface area contributed by atoms with E-state index in [1.54, 1.807) is 22.9 Å². The topological polar surface area (TPSA) is 44.1 Å². The van der Waals surface area contributed by atoms with Crippen molar-refractivity contribution in [3.63, 3.8) is 0 Å². The van der Waals surface area contributed by atoms with Crippen molar-refractivity contribution in [3.8, 4) is 11.3 Å². The van der Waals surface area contributed by atoms with Gasteiger partial charge in [-0.15, -0.1) is 0 Å². The Hall–Kier alpha value is -1.52. The number of ether oxygens (including phenoxy) is 1. The lowest BCUT2D eigenvalue weighted by Gasteiger charge is -2.22. The number of hydrogen-bond donors (Lipinski definition) is 0. The standard InChI is InChI=1S/C15H16Cl2N2O2/c1-15(2,3)19-13(8-12(18-19)14(20)21-4)10-6-5-9(16)7-11(10)17/h5-8H,1-4H3. The molecule has 21 heavy (non-hydrogen) atoms. The van der Waals surface area contributed by atoms with Crippen LogP contribution in [0.4, 0.5) is 0 Å². The van der Waals surface area contributed by atoms with E-state index >= 15 is 0 Å². The summed E-state index contributed by atoms with van der Waals surface area (Å²) in [6.45, 7) is 5.98. The van der Waals surface area contributed by atoms with Gasteiger partial charge in [-0.05, 0) is 45.0 Å². The first-order valence-electron chi connectivity index (χ1n) is 6.38. The van der Waals surface area contributed by atoms with Crippen LogP contribution in [0.5, 0.6) is 0 Å². The van der Waals surface area contributed by atoms with Gasteiger partial charge in [0.05, 0.1) is 23.4 Å². The van der Waals surface area contributed by atoms with Crippen molar-refractivity contribution in [2.75, 3.05) is 7.11 Å². The summed E-state index contributed by atoms with van der Waals surface area (Å²) in [5.74, 6) is -0.482. The minimum atomic E-state index is -0.482. The summed E-state index contributed by atoms with van der Waals surface area (Å²) in [6, 6.07) is 6.90. The molecule has 0 amide bonds. The molecule has 0 aliphatic carbocycles. The van der Waals surface area contributed by atoms with Crippen LogP contribution in [0, 0.1) is 0 Å². The van der Waals surface area contributed by atoms with Gasteiger partial charge in [-0.2, -0.15) is 5.10 Å². The maximum atomic E-state index is 11.7. The van der Waals surface area contributed by atoms with Crippen molar-refractivity contribution < 1.29 is 9.53 Å². The maximum Gasteiger partial charge on any atom is 0.358 e. The highest BCUT2D eigenvalue weighted by molar-refractivity contribution is 6.36. The Morgan fingerprint density at radius 2 is 1.90 bits per heavy atom. The normalized spacial score (nSPS) is 11.5. The van der Waals surface area contributed by atoms with Crippen molar-refractivity contribution in [2.45, 2.75) is 26.3 Å². The number of hydrogen-bond acceptors (Lipinski definition) is 3. The molecule has 112 valence electrons. The molecule has 0 unspecified atom stereocenters. The third-order valence-electron chi connectivity index (χ3n) is 2.95. The summed E-state index contributed by atoms with van der Waals surface area (Å²) in [5, 5.41) is 5.40. The maximum absolute atomic E-state index is 11.7. The third-order valence-corrected chi connectivity index (χ3v) is 3.49. The van der Waals surface area contributed by atoms with Gasteiger partial charge >= 0.3 is 5.97 Å². The first kappa shape index (κ1) is 15.9. The molecule has 0 aliphatic rings. The first-order valence-corrected chi connectivity index (χ1v) is 7.14. The highest BCUT2D eigenvalue weighted by Crippen LogP contribution is 2.33. The predicted molar refractivity (Wildman–Crippen MR) is 84.0 cm³/mol. The Bertz CT molecular complexity index is 687. The van der Waals surface area contributed by atoms with Crippen molar-refractivity contribution in [2.24, 2.45) is 0 Å². The van der Waals surface area contributed by atoms with E-state index in [9.17, 15) is 4.79 Å². The van der Waals surface area contributed by atoms with Gasteiger partial charge in [-0.3, -0.25) is 4.68 Å². The van der Waals surface area contributed by atoms with Gasteiger partial charge in [0.15, 0.2) is 5.69 Å². The number of carbonyl (C=O) groups is 1. The summed E-state index contributed by atoms with van der Waals surface area (Å²) in [4.78, 5) is 11.7. The van der Waals surface area contributed by atoms with Crippen LogP contribution in [0.15, 0.2) is 24.3 Å². The summed E-state index contributed by atoms with van der Waals surface area (Å²) in [7, 11) is 1.33. The molecule has 2 aromatic rings. The molecule has 1 heterocycles.